The molecule has 0 aromatic carbocycles. The second-order valence-electron chi connectivity index (χ2n) is 6.44. The fourth-order valence-electron chi connectivity index (χ4n) is 2.69. The maximum absolute atomic E-state index is 11.6. The van der Waals surface area contributed by atoms with Crippen molar-refractivity contribution in [2.45, 2.75) is 39.4 Å². The van der Waals surface area contributed by atoms with Gasteiger partial charge in [0.05, 0.1) is 6.26 Å². The van der Waals surface area contributed by atoms with E-state index in [2.05, 4.69) is 42.7 Å². The van der Waals surface area contributed by atoms with Crippen LogP contribution in [0.25, 0.3) is 0 Å². The number of hydrogen-bond acceptors (Lipinski definition) is 4. The lowest BCUT2D eigenvalue weighted by molar-refractivity contribution is 0.380. The van der Waals surface area contributed by atoms with Gasteiger partial charge < -0.3 is 10.2 Å². The lowest BCUT2D eigenvalue weighted by Gasteiger charge is -2.36. The molecule has 1 unspecified atom stereocenters. The Morgan fingerprint density at radius 3 is 2.60 bits per heavy atom. The van der Waals surface area contributed by atoms with Gasteiger partial charge in [-0.2, -0.15) is 11.8 Å². The SMILES string of the molecule is CCNC(=NCCCN(CC)S(C)(=O)=O)N1CCSC(C(C)C)C1.I. The number of guanidine groups is 1. The Balaban J connectivity index is 0.00000576. The normalized spacial score (nSPS) is 19.2. The molecule has 150 valence electrons. The first-order valence-electron chi connectivity index (χ1n) is 8.89. The van der Waals surface area contributed by atoms with Crippen LogP contribution >= 0.6 is 35.7 Å². The number of halogens is 1. The minimum atomic E-state index is -3.11. The van der Waals surface area contributed by atoms with Gasteiger partial charge in [-0.3, -0.25) is 4.99 Å². The van der Waals surface area contributed by atoms with E-state index in [0.717, 1.165) is 37.8 Å². The monoisotopic (exact) mass is 506 g/mol. The quantitative estimate of drug-likeness (QED) is 0.237. The van der Waals surface area contributed by atoms with E-state index >= 15 is 0 Å². The number of thioether (sulfide) groups is 1. The van der Waals surface area contributed by atoms with E-state index in [1.165, 1.54) is 10.6 Å². The summed E-state index contributed by atoms with van der Waals surface area (Å²) in [5.41, 5.74) is 0. The van der Waals surface area contributed by atoms with Crippen molar-refractivity contribution in [3.8, 4) is 0 Å². The van der Waals surface area contributed by atoms with Crippen molar-refractivity contribution in [3.05, 3.63) is 0 Å². The molecule has 0 aliphatic carbocycles. The van der Waals surface area contributed by atoms with Gasteiger partial charge in [0.1, 0.15) is 0 Å². The summed E-state index contributed by atoms with van der Waals surface area (Å²) in [6, 6.07) is 0. The van der Waals surface area contributed by atoms with Crippen molar-refractivity contribution in [1.82, 2.24) is 14.5 Å². The molecule has 1 atom stereocenters. The minimum Gasteiger partial charge on any atom is -0.357 e. The summed E-state index contributed by atoms with van der Waals surface area (Å²) >= 11 is 2.05. The van der Waals surface area contributed by atoms with Crippen LogP contribution in [0.1, 0.15) is 34.1 Å². The molecule has 1 N–H and O–H groups in total. The Labute approximate surface area is 175 Å². The third kappa shape index (κ3) is 9.14. The van der Waals surface area contributed by atoms with Crippen LogP contribution in [0.4, 0.5) is 0 Å². The summed E-state index contributed by atoms with van der Waals surface area (Å²) in [7, 11) is -3.11. The molecule has 0 spiro atoms. The number of sulfonamides is 1. The van der Waals surface area contributed by atoms with Gasteiger partial charge in [-0.1, -0.05) is 20.8 Å². The third-order valence-electron chi connectivity index (χ3n) is 4.12. The molecule has 1 rings (SSSR count). The Morgan fingerprint density at radius 1 is 1.40 bits per heavy atom. The Hall–Kier alpha value is 0.260. The molecule has 0 saturated carbocycles. The molecule has 0 amide bonds. The maximum Gasteiger partial charge on any atom is 0.211 e. The highest BCUT2D eigenvalue weighted by atomic mass is 127. The highest BCUT2D eigenvalue weighted by Gasteiger charge is 2.24. The lowest BCUT2D eigenvalue weighted by atomic mass is 10.1. The topological polar surface area (TPSA) is 65.0 Å². The lowest BCUT2D eigenvalue weighted by Crippen LogP contribution is -2.49. The Morgan fingerprint density at radius 2 is 2.08 bits per heavy atom. The highest BCUT2D eigenvalue weighted by molar-refractivity contribution is 14.0. The van der Waals surface area contributed by atoms with Crippen LogP contribution in [0.15, 0.2) is 4.99 Å². The Bertz CT molecular complexity index is 500. The predicted octanol–water partition coefficient (Wildman–Crippen LogP) is 2.31. The van der Waals surface area contributed by atoms with Crippen LogP contribution in [0.3, 0.4) is 0 Å². The molecular formula is C16H35IN4O2S2. The van der Waals surface area contributed by atoms with Gasteiger partial charge in [0, 0.05) is 50.3 Å². The molecule has 1 fully saturated rings. The van der Waals surface area contributed by atoms with Gasteiger partial charge in [0.25, 0.3) is 0 Å². The highest BCUT2D eigenvalue weighted by Crippen LogP contribution is 2.24. The zero-order valence-corrected chi connectivity index (χ0v) is 20.2. The fourth-order valence-corrected chi connectivity index (χ4v) is 4.92. The van der Waals surface area contributed by atoms with E-state index in [4.69, 9.17) is 4.99 Å². The molecule has 9 heteroatoms. The van der Waals surface area contributed by atoms with Gasteiger partial charge in [0.2, 0.25) is 10.0 Å². The van der Waals surface area contributed by atoms with Crippen LogP contribution in [-0.4, -0.2) is 80.1 Å². The predicted molar refractivity (Wildman–Crippen MR) is 121 cm³/mol. The van der Waals surface area contributed by atoms with Crippen LogP contribution in [0.2, 0.25) is 0 Å². The molecule has 1 aliphatic rings. The summed E-state index contributed by atoms with van der Waals surface area (Å²) in [6.45, 7) is 13.1. The molecule has 0 aromatic heterocycles. The van der Waals surface area contributed by atoms with Crippen LogP contribution in [-0.2, 0) is 10.0 Å². The third-order valence-corrected chi connectivity index (χ3v) is 7.04. The standard InChI is InChI=1S/C16H34N4O2S2.HI/c1-6-17-16(19-11-12-23-15(13-19)14(3)4)18-9-8-10-20(7-2)24(5,21)22;/h14-15H,6-13H2,1-5H3,(H,17,18);1H. The van der Waals surface area contributed by atoms with Gasteiger partial charge in [-0.15, -0.1) is 24.0 Å². The molecule has 0 aromatic rings. The van der Waals surface area contributed by atoms with Crippen molar-refractivity contribution in [2.24, 2.45) is 10.9 Å². The van der Waals surface area contributed by atoms with Crippen molar-refractivity contribution < 1.29 is 8.42 Å². The molecule has 0 radical (unpaired) electrons. The van der Waals surface area contributed by atoms with Crippen molar-refractivity contribution in [3.63, 3.8) is 0 Å². The average molecular weight is 507 g/mol. The molecule has 1 saturated heterocycles. The number of nitrogens with one attached hydrogen (secondary N) is 1. The van der Waals surface area contributed by atoms with Gasteiger partial charge in [-0.25, -0.2) is 12.7 Å². The summed E-state index contributed by atoms with van der Waals surface area (Å²) in [5.74, 6) is 2.75. The van der Waals surface area contributed by atoms with Gasteiger partial charge >= 0.3 is 0 Å². The smallest absolute Gasteiger partial charge is 0.211 e. The van der Waals surface area contributed by atoms with E-state index in [9.17, 15) is 8.42 Å². The van der Waals surface area contributed by atoms with E-state index in [-0.39, 0.29) is 24.0 Å². The average Bonchev–Trinajstić information content (AvgIpc) is 2.52. The van der Waals surface area contributed by atoms with E-state index in [1.54, 1.807) is 0 Å². The van der Waals surface area contributed by atoms with Gasteiger partial charge in [0.15, 0.2) is 5.96 Å². The van der Waals surface area contributed by atoms with Crippen LogP contribution < -0.4 is 5.32 Å². The number of rotatable bonds is 8. The van der Waals surface area contributed by atoms with E-state index in [0.29, 0.717) is 30.8 Å². The molecule has 1 heterocycles. The molecule has 25 heavy (non-hydrogen) atoms. The first kappa shape index (κ1) is 25.3. The van der Waals surface area contributed by atoms with Crippen molar-refractivity contribution >= 4 is 51.7 Å². The number of nitrogens with zero attached hydrogens (tertiary/aromatic N) is 3. The Kier molecular flexibility index (Phi) is 12.7. The summed E-state index contributed by atoms with van der Waals surface area (Å²) in [4.78, 5) is 7.07. The van der Waals surface area contributed by atoms with Crippen molar-refractivity contribution in [2.75, 3.05) is 51.3 Å². The van der Waals surface area contributed by atoms with E-state index in [1.807, 2.05) is 6.92 Å². The zero-order valence-electron chi connectivity index (χ0n) is 16.2. The second kappa shape index (κ2) is 12.6. The second-order valence-corrected chi connectivity index (χ2v) is 9.77. The van der Waals surface area contributed by atoms with E-state index < -0.39 is 10.0 Å². The largest absolute Gasteiger partial charge is 0.357 e. The first-order chi connectivity index (χ1) is 11.3. The summed E-state index contributed by atoms with van der Waals surface area (Å²) in [5, 5.41) is 4.02. The fraction of sp³-hybridized carbons (Fsp3) is 0.938. The molecule has 6 nitrogen and oxygen atoms in total. The van der Waals surface area contributed by atoms with Crippen LogP contribution in [0.5, 0.6) is 0 Å². The van der Waals surface area contributed by atoms with Crippen molar-refractivity contribution in [1.29, 1.82) is 0 Å². The van der Waals surface area contributed by atoms with Gasteiger partial charge in [-0.05, 0) is 19.3 Å². The molecule has 0 bridgehead atoms. The maximum atomic E-state index is 11.6. The van der Waals surface area contributed by atoms with Crippen LogP contribution in [0, 0.1) is 5.92 Å². The first-order valence-corrected chi connectivity index (χ1v) is 11.8. The summed E-state index contributed by atoms with van der Waals surface area (Å²) < 4.78 is 24.7. The molecule has 1 aliphatic heterocycles. The number of aliphatic imine (C=N–C) groups is 1. The number of hydrogen-bond donors (Lipinski definition) is 1. The minimum absolute atomic E-state index is 0. The molecular weight excluding hydrogens is 471 g/mol. The zero-order chi connectivity index (χ0) is 18.2. The summed E-state index contributed by atoms with van der Waals surface area (Å²) in [6.07, 6.45) is 2.01.